The van der Waals surface area contributed by atoms with Crippen molar-refractivity contribution in [3.05, 3.63) is 0 Å². The molecule has 0 bridgehead atoms. The maximum absolute atomic E-state index is 7.81. The van der Waals surface area contributed by atoms with E-state index in [9.17, 15) is 0 Å². The first kappa shape index (κ1) is 28.0. The van der Waals surface area contributed by atoms with Crippen molar-refractivity contribution < 1.29 is 36.3 Å². The van der Waals surface area contributed by atoms with Gasteiger partial charge in [-0.25, -0.2) is 0 Å². The van der Waals surface area contributed by atoms with Gasteiger partial charge in [0.05, 0.1) is 0 Å². The van der Waals surface area contributed by atoms with Gasteiger partial charge >= 0.3 is 57.5 Å². The molecular weight excluding hydrogens is 152 g/mol. The summed E-state index contributed by atoms with van der Waals surface area (Å²) in [6.45, 7) is 0. The fourth-order valence-corrected chi connectivity index (χ4v) is 0. The first-order valence-corrected chi connectivity index (χ1v) is 0.508. The van der Waals surface area contributed by atoms with Gasteiger partial charge in [0, 0.05) is 16.5 Å². The molecule has 0 heterocycles. The van der Waals surface area contributed by atoms with E-state index in [2.05, 4.69) is 15.9 Å². The van der Waals surface area contributed by atoms with Crippen LogP contribution in [0.25, 0.3) is 0 Å². The van der Waals surface area contributed by atoms with E-state index in [4.69, 9.17) is 3.83 Å². The Hall–Kier alpha value is 2.01. The molecule has 5 heteroatoms. The summed E-state index contributed by atoms with van der Waals surface area (Å²) in [4.78, 5) is 0. The maximum atomic E-state index is 7.81. The van der Waals surface area contributed by atoms with Crippen LogP contribution in [0.2, 0.25) is 0 Å². The van der Waals surface area contributed by atoms with Crippen LogP contribution >= 0.6 is 0 Å². The first-order chi connectivity index (χ1) is 1.00. The molecule has 0 aliphatic rings. The quantitative estimate of drug-likeness (QED) is 0.391. The van der Waals surface area contributed by atoms with E-state index in [0.29, 0.717) is 0 Å². The van der Waals surface area contributed by atoms with Crippen molar-refractivity contribution in [2.24, 2.45) is 0 Å². The average molecular weight is 154 g/mol. The molecule has 0 saturated carbocycles. The normalized spacial score (nSPS) is 1.20. The summed E-state index contributed by atoms with van der Waals surface area (Å²) in [6.07, 6.45) is 0. The Kier molecular flexibility index (Phi) is 209. The van der Waals surface area contributed by atoms with Crippen molar-refractivity contribution in [1.82, 2.24) is 0 Å². The monoisotopic (exact) mass is 153 g/mol. The zero-order valence-electron chi connectivity index (χ0n) is 1.03. The topological polar surface area (TPSA) is 17.1 Å². The Bertz CT molecular complexity index is 9.61. The Morgan fingerprint density at radius 1 is 1.00 bits per heavy atom. The molecule has 5 heavy (non-hydrogen) atoms. The second-order valence-electron chi connectivity index (χ2n) is 0. The number of hydrogen-bond donors (Lipinski definition) is 0. The summed E-state index contributed by atoms with van der Waals surface area (Å²) < 4.78 is 7.81. The SMILES string of the molecule is [LiH].[LiH].[Ni].[O]=[Cu]. The average Bonchev–Trinajstić information content (AvgIpc) is 1.00. The fourth-order valence-electron chi connectivity index (χ4n) is 0. The van der Waals surface area contributed by atoms with E-state index >= 15 is 0 Å². The van der Waals surface area contributed by atoms with E-state index in [1.807, 2.05) is 0 Å². The zero-order valence-corrected chi connectivity index (χ0v) is 2.96. The van der Waals surface area contributed by atoms with Crippen LogP contribution in [0, 0.1) is 0 Å². The molecule has 0 aromatic rings. The van der Waals surface area contributed by atoms with E-state index in [0.717, 1.165) is 0 Å². The van der Waals surface area contributed by atoms with Crippen LogP contribution in [0.1, 0.15) is 0 Å². The van der Waals surface area contributed by atoms with Gasteiger partial charge in [-0.05, 0) is 0 Å². The molecule has 0 amide bonds. The Labute approximate surface area is 73.3 Å². The van der Waals surface area contributed by atoms with Crippen LogP contribution in [0.3, 0.4) is 0 Å². The molecule has 0 fully saturated rings. The standard InChI is InChI=1S/Cu.2Li.Ni.O.2H. The molecule has 0 spiro atoms. The molecule has 0 atom stereocenters. The third-order valence-electron chi connectivity index (χ3n) is 0. The summed E-state index contributed by atoms with van der Waals surface area (Å²) in [5, 5.41) is 0. The van der Waals surface area contributed by atoms with E-state index in [1.54, 1.807) is 0 Å². The minimum atomic E-state index is 0. The number of hydrogen-bond acceptors (Lipinski definition) is 1. The second-order valence-corrected chi connectivity index (χ2v) is 0. The Morgan fingerprint density at radius 3 is 1.00 bits per heavy atom. The molecule has 0 saturated heterocycles. The van der Waals surface area contributed by atoms with Crippen molar-refractivity contribution in [3.63, 3.8) is 0 Å². The molecular formula is H2CuLi2NiO. The van der Waals surface area contributed by atoms with Crippen molar-refractivity contribution in [3.8, 4) is 0 Å². The van der Waals surface area contributed by atoms with Crippen LogP contribution in [-0.2, 0) is 36.3 Å². The summed E-state index contributed by atoms with van der Waals surface area (Å²) in [6, 6.07) is 0. The summed E-state index contributed by atoms with van der Waals surface area (Å²) in [5.41, 5.74) is 0. The molecule has 1 nitrogen and oxygen atoms in total. The van der Waals surface area contributed by atoms with Gasteiger partial charge in [-0.1, -0.05) is 0 Å². The Morgan fingerprint density at radius 2 is 1.00 bits per heavy atom. The van der Waals surface area contributed by atoms with Gasteiger partial charge in [0.1, 0.15) is 0 Å². The third-order valence-corrected chi connectivity index (χ3v) is 0. The number of rotatable bonds is 0. The molecule has 0 rings (SSSR count). The van der Waals surface area contributed by atoms with Crippen LogP contribution in [0.15, 0.2) is 0 Å². The van der Waals surface area contributed by atoms with Gasteiger partial charge in [-0.3, -0.25) is 0 Å². The van der Waals surface area contributed by atoms with Crippen molar-refractivity contribution >= 4 is 37.7 Å². The molecule has 0 N–H and O–H groups in total. The van der Waals surface area contributed by atoms with Crippen molar-refractivity contribution in [1.29, 1.82) is 0 Å². The molecule has 0 radical (unpaired) electrons. The predicted molar refractivity (Wildman–Crippen MR) is 15.0 cm³/mol. The van der Waals surface area contributed by atoms with E-state index in [1.165, 1.54) is 0 Å². The molecule has 0 aliphatic heterocycles. The van der Waals surface area contributed by atoms with Crippen LogP contribution in [-0.4, -0.2) is 37.7 Å². The molecule has 0 unspecified atom stereocenters. The van der Waals surface area contributed by atoms with E-state index in [-0.39, 0.29) is 54.2 Å². The zero-order chi connectivity index (χ0) is 2.00. The predicted octanol–water partition coefficient (Wildman–Crippen LogP) is -1.42. The molecule has 0 aromatic heterocycles. The van der Waals surface area contributed by atoms with Crippen LogP contribution < -0.4 is 0 Å². The summed E-state index contributed by atoms with van der Waals surface area (Å²) >= 11 is 2.94. The second kappa shape index (κ2) is 37.4. The van der Waals surface area contributed by atoms with Crippen LogP contribution in [0.5, 0.6) is 0 Å². The van der Waals surface area contributed by atoms with Crippen LogP contribution in [0.4, 0.5) is 0 Å². The van der Waals surface area contributed by atoms with Gasteiger partial charge in [0.25, 0.3) is 0 Å². The van der Waals surface area contributed by atoms with Crippen molar-refractivity contribution in [2.45, 2.75) is 0 Å². The van der Waals surface area contributed by atoms with E-state index < -0.39 is 0 Å². The molecule has 0 aliphatic carbocycles. The fraction of sp³-hybridized carbons (Fsp3) is 0. The molecule has 31 valence electrons. The van der Waals surface area contributed by atoms with Gasteiger partial charge in [0.15, 0.2) is 0 Å². The first-order valence-electron chi connectivity index (χ1n) is 0.123. The Balaban J connectivity index is -0.00000000167. The summed E-state index contributed by atoms with van der Waals surface area (Å²) in [5.74, 6) is 0. The third kappa shape index (κ3) is 23.9. The summed E-state index contributed by atoms with van der Waals surface area (Å²) in [7, 11) is 0. The van der Waals surface area contributed by atoms with Gasteiger partial charge in [0.2, 0.25) is 0 Å². The minimum absolute atomic E-state index is 0. The van der Waals surface area contributed by atoms with Gasteiger partial charge in [-0.15, -0.1) is 0 Å². The van der Waals surface area contributed by atoms with Gasteiger partial charge in [-0.2, -0.15) is 0 Å². The van der Waals surface area contributed by atoms with Gasteiger partial charge < -0.3 is 0 Å². The van der Waals surface area contributed by atoms with Crippen molar-refractivity contribution in [2.75, 3.05) is 0 Å². The molecule has 0 aromatic carbocycles.